The van der Waals surface area contributed by atoms with Crippen LogP contribution in [0.5, 0.6) is 0 Å². The molecule has 3 rings (SSSR count). The highest BCUT2D eigenvalue weighted by Crippen LogP contribution is 2.26. The Morgan fingerprint density at radius 1 is 1.15 bits per heavy atom. The molecular weight excluding hydrogens is 310 g/mol. The minimum absolute atomic E-state index is 0.0268. The SMILES string of the molecule is O=C(Cc1nc(-c2ccccc2)cs1)c1sccc1Cl. The molecule has 5 heteroatoms. The Bertz CT molecular complexity index is 733. The number of rotatable bonds is 4. The highest BCUT2D eigenvalue weighted by molar-refractivity contribution is 7.13. The number of thiazole rings is 1. The molecule has 1 aromatic carbocycles. The van der Waals surface area contributed by atoms with Crippen molar-refractivity contribution in [1.29, 1.82) is 0 Å². The van der Waals surface area contributed by atoms with Gasteiger partial charge >= 0.3 is 0 Å². The Hall–Kier alpha value is -1.49. The third-order valence-corrected chi connectivity index (χ3v) is 5.03. The van der Waals surface area contributed by atoms with E-state index < -0.39 is 0 Å². The smallest absolute Gasteiger partial charge is 0.181 e. The van der Waals surface area contributed by atoms with E-state index in [0.29, 0.717) is 16.3 Å². The number of benzene rings is 1. The number of aromatic nitrogens is 1. The molecule has 0 amide bonds. The van der Waals surface area contributed by atoms with Crippen LogP contribution in [0.15, 0.2) is 47.2 Å². The summed E-state index contributed by atoms with van der Waals surface area (Å²) in [7, 11) is 0. The molecule has 0 saturated carbocycles. The van der Waals surface area contributed by atoms with Crippen molar-refractivity contribution in [2.45, 2.75) is 6.42 Å². The van der Waals surface area contributed by atoms with E-state index in [1.807, 2.05) is 41.1 Å². The number of carbonyl (C=O) groups is 1. The lowest BCUT2D eigenvalue weighted by atomic mass is 10.2. The normalized spacial score (nSPS) is 10.7. The molecular formula is C15H10ClNOS2. The third kappa shape index (κ3) is 2.82. The summed E-state index contributed by atoms with van der Waals surface area (Å²) in [4.78, 5) is 17.3. The number of ketones is 1. The van der Waals surface area contributed by atoms with E-state index in [2.05, 4.69) is 4.98 Å². The summed E-state index contributed by atoms with van der Waals surface area (Å²) in [5, 5.41) is 5.15. The molecule has 2 nitrogen and oxygen atoms in total. The van der Waals surface area contributed by atoms with Crippen molar-refractivity contribution in [2.75, 3.05) is 0 Å². The van der Waals surface area contributed by atoms with Crippen LogP contribution >= 0.6 is 34.3 Å². The molecule has 0 N–H and O–H groups in total. The van der Waals surface area contributed by atoms with Gasteiger partial charge in [0.2, 0.25) is 0 Å². The first kappa shape index (κ1) is 13.5. The summed E-state index contributed by atoms with van der Waals surface area (Å²) in [6.45, 7) is 0. The Morgan fingerprint density at radius 2 is 1.95 bits per heavy atom. The molecule has 0 aliphatic heterocycles. The van der Waals surface area contributed by atoms with Crippen LogP contribution in [0.3, 0.4) is 0 Å². The van der Waals surface area contributed by atoms with Crippen LogP contribution in [0.25, 0.3) is 11.3 Å². The van der Waals surface area contributed by atoms with Crippen molar-refractivity contribution in [1.82, 2.24) is 4.98 Å². The summed E-state index contributed by atoms with van der Waals surface area (Å²) in [5.74, 6) is 0.0268. The van der Waals surface area contributed by atoms with E-state index >= 15 is 0 Å². The van der Waals surface area contributed by atoms with Gasteiger partial charge in [0.05, 0.1) is 22.0 Å². The van der Waals surface area contributed by atoms with Gasteiger partial charge in [-0.25, -0.2) is 4.98 Å². The van der Waals surface area contributed by atoms with Crippen LogP contribution in [-0.2, 0) is 6.42 Å². The van der Waals surface area contributed by atoms with E-state index in [1.54, 1.807) is 6.07 Å². The first-order chi connectivity index (χ1) is 9.74. The fourth-order valence-corrected chi connectivity index (χ4v) is 3.75. The van der Waals surface area contributed by atoms with E-state index in [0.717, 1.165) is 16.3 Å². The summed E-state index contributed by atoms with van der Waals surface area (Å²) < 4.78 is 0. The topological polar surface area (TPSA) is 30.0 Å². The predicted octanol–water partition coefficient (Wildman–Crippen LogP) is 4.95. The van der Waals surface area contributed by atoms with E-state index in [4.69, 9.17) is 11.6 Å². The van der Waals surface area contributed by atoms with Crippen LogP contribution in [0, 0.1) is 0 Å². The molecule has 0 radical (unpaired) electrons. The molecule has 0 aliphatic rings. The average Bonchev–Trinajstić information content (AvgIpc) is 3.09. The average molecular weight is 320 g/mol. The van der Waals surface area contributed by atoms with Crippen molar-refractivity contribution < 1.29 is 4.79 Å². The van der Waals surface area contributed by atoms with Gasteiger partial charge < -0.3 is 0 Å². The quantitative estimate of drug-likeness (QED) is 0.637. The van der Waals surface area contributed by atoms with Crippen molar-refractivity contribution in [3.8, 4) is 11.3 Å². The Labute approximate surface area is 129 Å². The number of nitrogens with zero attached hydrogens (tertiary/aromatic N) is 1. The molecule has 2 aromatic heterocycles. The predicted molar refractivity (Wildman–Crippen MR) is 84.9 cm³/mol. The molecule has 0 fully saturated rings. The monoisotopic (exact) mass is 319 g/mol. The number of hydrogen-bond donors (Lipinski definition) is 0. The van der Waals surface area contributed by atoms with Gasteiger partial charge in [0.25, 0.3) is 0 Å². The van der Waals surface area contributed by atoms with E-state index in [-0.39, 0.29) is 5.78 Å². The molecule has 0 aliphatic carbocycles. The lowest BCUT2D eigenvalue weighted by Gasteiger charge is -1.96. The van der Waals surface area contributed by atoms with Crippen LogP contribution < -0.4 is 0 Å². The maximum atomic E-state index is 12.1. The van der Waals surface area contributed by atoms with Gasteiger partial charge in [-0.2, -0.15) is 0 Å². The molecule has 100 valence electrons. The van der Waals surface area contributed by atoms with Gasteiger partial charge in [-0.05, 0) is 11.4 Å². The number of Topliss-reactive ketones (excluding diaryl/α,β-unsaturated/α-hetero) is 1. The molecule has 0 spiro atoms. The molecule has 3 aromatic rings. The second-order valence-electron chi connectivity index (χ2n) is 4.19. The van der Waals surface area contributed by atoms with Crippen molar-refractivity contribution in [3.05, 3.63) is 62.1 Å². The first-order valence-corrected chi connectivity index (χ1v) is 8.14. The van der Waals surface area contributed by atoms with Crippen molar-refractivity contribution in [2.24, 2.45) is 0 Å². The zero-order valence-electron chi connectivity index (χ0n) is 10.4. The second-order valence-corrected chi connectivity index (χ2v) is 6.46. The number of halogens is 1. The van der Waals surface area contributed by atoms with Gasteiger partial charge in [-0.15, -0.1) is 22.7 Å². The minimum Gasteiger partial charge on any atom is -0.293 e. The number of thiophene rings is 1. The molecule has 0 unspecified atom stereocenters. The minimum atomic E-state index is 0.0268. The van der Waals surface area contributed by atoms with Crippen LogP contribution in [0.4, 0.5) is 0 Å². The number of hydrogen-bond acceptors (Lipinski definition) is 4. The Balaban J connectivity index is 1.78. The van der Waals surface area contributed by atoms with Crippen LogP contribution in [-0.4, -0.2) is 10.8 Å². The van der Waals surface area contributed by atoms with Crippen LogP contribution in [0.2, 0.25) is 5.02 Å². The lowest BCUT2D eigenvalue weighted by Crippen LogP contribution is -2.01. The standard InChI is InChI=1S/C15H10ClNOS2/c16-11-6-7-19-15(11)13(18)8-14-17-12(9-20-14)10-4-2-1-3-5-10/h1-7,9H,8H2. The summed E-state index contributed by atoms with van der Waals surface area (Å²) >= 11 is 8.86. The second kappa shape index (κ2) is 5.87. The van der Waals surface area contributed by atoms with Gasteiger partial charge in [0.15, 0.2) is 5.78 Å². The van der Waals surface area contributed by atoms with Gasteiger partial charge in [0.1, 0.15) is 5.01 Å². The molecule has 0 saturated heterocycles. The van der Waals surface area contributed by atoms with Gasteiger partial charge in [-0.1, -0.05) is 41.9 Å². The summed E-state index contributed by atoms with van der Waals surface area (Å²) in [6.07, 6.45) is 0.303. The van der Waals surface area contributed by atoms with E-state index in [1.165, 1.54) is 22.7 Å². The highest BCUT2D eigenvalue weighted by Gasteiger charge is 2.15. The zero-order chi connectivity index (χ0) is 13.9. The highest BCUT2D eigenvalue weighted by atomic mass is 35.5. The van der Waals surface area contributed by atoms with E-state index in [9.17, 15) is 4.79 Å². The fourth-order valence-electron chi connectivity index (χ4n) is 1.84. The maximum absolute atomic E-state index is 12.1. The summed E-state index contributed by atoms with van der Waals surface area (Å²) in [5.41, 5.74) is 1.98. The molecule has 0 atom stereocenters. The molecule has 20 heavy (non-hydrogen) atoms. The summed E-state index contributed by atoms with van der Waals surface area (Å²) in [6, 6.07) is 11.7. The fraction of sp³-hybridized carbons (Fsp3) is 0.0667. The van der Waals surface area contributed by atoms with Crippen molar-refractivity contribution in [3.63, 3.8) is 0 Å². The maximum Gasteiger partial charge on any atom is 0.181 e. The molecule has 0 bridgehead atoms. The largest absolute Gasteiger partial charge is 0.293 e. The first-order valence-electron chi connectivity index (χ1n) is 6.00. The lowest BCUT2D eigenvalue weighted by molar-refractivity contribution is 0.0997. The Morgan fingerprint density at radius 3 is 2.65 bits per heavy atom. The van der Waals surface area contributed by atoms with Crippen LogP contribution in [0.1, 0.15) is 14.7 Å². The third-order valence-electron chi connectivity index (χ3n) is 2.80. The Kier molecular flexibility index (Phi) is 3.96. The van der Waals surface area contributed by atoms with Gasteiger partial charge in [0, 0.05) is 10.9 Å². The zero-order valence-corrected chi connectivity index (χ0v) is 12.8. The molecule has 2 heterocycles. The number of carbonyl (C=O) groups excluding carboxylic acids is 1. The van der Waals surface area contributed by atoms with Crippen molar-refractivity contribution >= 4 is 40.1 Å². The van der Waals surface area contributed by atoms with Gasteiger partial charge in [-0.3, -0.25) is 4.79 Å².